The molecule has 0 radical (unpaired) electrons. The number of carbonyl (C=O) groups is 2. The SMILES string of the molecule is Cn1cc2c(n1)-c1ccccc1N(C(=O)c1ccc(NC(=O)c3ccc(F)cc3Cl)cc1Cl)CC2. The van der Waals surface area contributed by atoms with E-state index in [1.807, 2.05) is 37.5 Å². The summed E-state index contributed by atoms with van der Waals surface area (Å²) in [6.45, 7) is 0.465. The molecule has 0 aliphatic carbocycles. The van der Waals surface area contributed by atoms with Gasteiger partial charge in [-0.1, -0.05) is 41.4 Å². The first-order chi connectivity index (χ1) is 16.8. The van der Waals surface area contributed by atoms with Crippen LogP contribution in [-0.4, -0.2) is 28.1 Å². The Balaban J connectivity index is 1.42. The molecular weight excluding hydrogens is 490 g/mol. The van der Waals surface area contributed by atoms with Crippen LogP contribution in [0.15, 0.2) is 66.9 Å². The molecule has 6 nitrogen and oxygen atoms in total. The summed E-state index contributed by atoms with van der Waals surface area (Å²) in [7, 11) is 1.88. The average molecular weight is 509 g/mol. The zero-order chi connectivity index (χ0) is 24.7. The molecule has 0 saturated carbocycles. The first-order valence-corrected chi connectivity index (χ1v) is 11.6. The van der Waals surface area contributed by atoms with Gasteiger partial charge in [-0.25, -0.2) is 4.39 Å². The molecule has 5 rings (SSSR count). The molecule has 1 aromatic heterocycles. The van der Waals surface area contributed by atoms with Gasteiger partial charge >= 0.3 is 0 Å². The van der Waals surface area contributed by atoms with Crippen LogP contribution in [0.25, 0.3) is 11.3 Å². The summed E-state index contributed by atoms with van der Waals surface area (Å²) in [6, 6.07) is 15.8. The Bertz CT molecular complexity index is 1480. The number of aryl methyl sites for hydroxylation is 1. The van der Waals surface area contributed by atoms with Crippen molar-refractivity contribution in [2.24, 2.45) is 7.05 Å². The van der Waals surface area contributed by atoms with Gasteiger partial charge in [0.05, 0.1) is 32.6 Å². The molecule has 1 aliphatic heterocycles. The lowest BCUT2D eigenvalue weighted by Gasteiger charge is -2.23. The van der Waals surface area contributed by atoms with Crippen LogP contribution in [0.4, 0.5) is 15.8 Å². The smallest absolute Gasteiger partial charge is 0.259 e. The Hall–Kier alpha value is -3.68. The maximum atomic E-state index is 13.6. The van der Waals surface area contributed by atoms with Crippen molar-refractivity contribution < 1.29 is 14.0 Å². The minimum atomic E-state index is -0.536. The minimum absolute atomic E-state index is 0.00379. The predicted molar refractivity (Wildman–Crippen MR) is 135 cm³/mol. The van der Waals surface area contributed by atoms with Gasteiger partial charge in [-0.2, -0.15) is 5.10 Å². The molecule has 9 heteroatoms. The van der Waals surface area contributed by atoms with E-state index in [1.165, 1.54) is 12.1 Å². The Morgan fingerprint density at radius 2 is 1.74 bits per heavy atom. The first kappa shape index (κ1) is 23.1. The fourth-order valence-electron chi connectivity index (χ4n) is 4.20. The van der Waals surface area contributed by atoms with Crippen molar-refractivity contribution in [3.63, 3.8) is 0 Å². The molecule has 0 fully saturated rings. The van der Waals surface area contributed by atoms with Crippen LogP contribution >= 0.6 is 23.2 Å². The van der Waals surface area contributed by atoms with E-state index < -0.39 is 11.7 Å². The van der Waals surface area contributed by atoms with Crippen molar-refractivity contribution in [3.05, 3.63) is 99.4 Å². The molecular formula is C26H19Cl2FN4O2. The van der Waals surface area contributed by atoms with Crippen LogP contribution in [-0.2, 0) is 13.5 Å². The number of hydrogen-bond donors (Lipinski definition) is 1. The lowest BCUT2D eigenvalue weighted by atomic mass is 10.1. The Kier molecular flexibility index (Phi) is 6.05. The van der Waals surface area contributed by atoms with Gasteiger partial charge in [-0.3, -0.25) is 14.3 Å². The van der Waals surface area contributed by atoms with Crippen molar-refractivity contribution in [2.45, 2.75) is 6.42 Å². The molecule has 2 amide bonds. The number of para-hydroxylation sites is 1. The number of carbonyl (C=O) groups excluding carboxylic acids is 2. The van der Waals surface area contributed by atoms with Crippen LogP contribution in [0, 0.1) is 5.82 Å². The summed E-state index contributed by atoms with van der Waals surface area (Å²) in [5, 5.41) is 7.46. The molecule has 1 aliphatic rings. The third-order valence-corrected chi connectivity index (χ3v) is 6.46. The van der Waals surface area contributed by atoms with Gasteiger partial charge in [-0.05, 0) is 54.4 Å². The van der Waals surface area contributed by atoms with E-state index in [0.717, 1.165) is 34.6 Å². The number of nitrogens with one attached hydrogen (secondary N) is 1. The Labute approximate surface area is 210 Å². The number of fused-ring (bicyclic) bond motifs is 3. The molecule has 3 aromatic carbocycles. The highest BCUT2D eigenvalue weighted by Crippen LogP contribution is 2.36. The Morgan fingerprint density at radius 1 is 1.00 bits per heavy atom. The molecule has 0 spiro atoms. The summed E-state index contributed by atoms with van der Waals surface area (Å²) in [5.41, 5.74) is 4.38. The number of aromatic nitrogens is 2. The van der Waals surface area contributed by atoms with Gasteiger partial charge in [0.25, 0.3) is 11.8 Å². The lowest BCUT2D eigenvalue weighted by molar-refractivity contribution is 0.0986. The van der Waals surface area contributed by atoms with E-state index in [1.54, 1.807) is 21.7 Å². The molecule has 1 N–H and O–H groups in total. The van der Waals surface area contributed by atoms with Crippen molar-refractivity contribution in [1.82, 2.24) is 9.78 Å². The quantitative estimate of drug-likeness (QED) is 0.369. The van der Waals surface area contributed by atoms with Crippen molar-refractivity contribution in [1.29, 1.82) is 0 Å². The van der Waals surface area contributed by atoms with Crippen LogP contribution < -0.4 is 10.2 Å². The van der Waals surface area contributed by atoms with Gasteiger partial charge in [0.2, 0.25) is 0 Å². The maximum Gasteiger partial charge on any atom is 0.259 e. The number of nitrogens with zero attached hydrogens (tertiary/aromatic N) is 3. The number of hydrogen-bond acceptors (Lipinski definition) is 3. The summed E-state index contributed by atoms with van der Waals surface area (Å²) in [5.74, 6) is -1.31. The van der Waals surface area contributed by atoms with Crippen LogP contribution in [0.3, 0.4) is 0 Å². The fraction of sp³-hybridized carbons (Fsp3) is 0.115. The third-order valence-electron chi connectivity index (χ3n) is 5.84. The molecule has 176 valence electrons. The molecule has 0 bridgehead atoms. The topological polar surface area (TPSA) is 67.2 Å². The first-order valence-electron chi connectivity index (χ1n) is 10.8. The predicted octanol–water partition coefficient (Wildman–Crippen LogP) is 5.99. The van der Waals surface area contributed by atoms with Gasteiger partial charge in [0, 0.05) is 31.0 Å². The maximum absolute atomic E-state index is 13.6. The van der Waals surface area contributed by atoms with Gasteiger partial charge < -0.3 is 10.2 Å². The third kappa shape index (κ3) is 4.40. The summed E-state index contributed by atoms with van der Waals surface area (Å²) in [4.78, 5) is 27.8. The second-order valence-electron chi connectivity index (χ2n) is 8.17. The second kappa shape index (κ2) is 9.17. The second-order valence-corrected chi connectivity index (χ2v) is 8.99. The van der Waals surface area contributed by atoms with E-state index in [2.05, 4.69) is 10.4 Å². The van der Waals surface area contributed by atoms with E-state index in [0.29, 0.717) is 24.2 Å². The molecule has 4 aromatic rings. The number of anilines is 2. The van der Waals surface area contributed by atoms with Gasteiger partial charge in [0.1, 0.15) is 5.82 Å². The lowest BCUT2D eigenvalue weighted by Crippen LogP contribution is -2.32. The zero-order valence-corrected chi connectivity index (χ0v) is 20.1. The van der Waals surface area contributed by atoms with Crippen LogP contribution in [0.2, 0.25) is 10.0 Å². The Morgan fingerprint density at radius 3 is 2.51 bits per heavy atom. The highest BCUT2D eigenvalue weighted by molar-refractivity contribution is 6.35. The van der Waals surface area contributed by atoms with E-state index in [-0.39, 0.29) is 21.5 Å². The van der Waals surface area contributed by atoms with Gasteiger partial charge in [-0.15, -0.1) is 0 Å². The summed E-state index contributed by atoms with van der Waals surface area (Å²) >= 11 is 12.5. The van der Waals surface area contributed by atoms with Crippen LogP contribution in [0.1, 0.15) is 26.3 Å². The normalized spacial score (nSPS) is 12.5. The molecule has 35 heavy (non-hydrogen) atoms. The van der Waals surface area contributed by atoms with Crippen molar-refractivity contribution in [3.8, 4) is 11.3 Å². The number of rotatable bonds is 3. The summed E-state index contributed by atoms with van der Waals surface area (Å²) in [6.07, 6.45) is 2.62. The van der Waals surface area contributed by atoms with Crippen LogP contribution in [0.5, 0.6) is 0 Å². The monoisotopic (exact) mass is 508 g/mol. The average Bonchev–Trinajstić information content (AvgIpc) is 3.12. The number of amides is 2. The van der Waals surface area contributed by atoms with Crippen molar-refractivity contribution in [2.75, 3.05) is 16.8 Å². The standard InChI is InChI=1S/C26H19Cl2FN4O2/c1-32-14-15-10-11-33(23-5-3-2-4-20(23)24(15)31-32)26(35)19-9-7-17(13-22(19)28)30-25(34)18-8-6-16(29)12-21(18)27/h2-9,12-14H,10-11H2,1H3,(H,30,34). The highest BCUT2D eigenvalue weighted by atomic mass is 35.5. The van der Waals surface area contributed by atoms with Crippen molar-refractivity contribution >= 4 is 46.4 Å². The van der Waals surface area contributed by atoms with Gasteiger partial charge in [0.15, 0.2) is 0 Å². The van der Waals surface area contributed by atoms with E-state index >= 15 is 0 Å². The minimum Gasteiger partial charge on any atom is -0.322 e. The summed E-state index contributed by atoms with van der Waals surface area (Å²) < 4.78 is 15.1. The highest BCUT2D eigenvalue weighted by Gasteiger charge is 2.27. The number of halogens is 3. The number of benzene rings is 3. The molecule has 0 saturated heterocycles. The molecule has 0 unspecified atom stereocenters. The largest absolute Gasteiger partial charge is 0.322 e. The molecule has 0 atom stereocenters. The molecule has 2 heterocycles. The van der Waals surface area contributed by atoms with E-state index in [4.69, 9.17) is 23.2 Å². The van der Waals surface area contributed by atoms with E-state index in [9.17, 15) is 14.0 Å². The fourth-order valence-corrected chi connectivity index (χ4v) is 4.72. The zero-order valence-electron chi connectivity index (χ0n) is 18.6.